The first-order valence-corrected chi connectivity index (χ1v) is 10.9. The van der Waals surface area contributed by atoms with Crippen LogP contribution in [-0.2, 0) is 16.2 Å². The van der Waals surface area contributed by atoms with Gasteiger partial charge in [0.25, 0.3) is 0 Å². The molecular formula is C20H32IN3OS. The van der Waals surface area contributed by atoms with Crippen LogP contribution in [0.3, 0.4) is 0 Å². The Kier molecular flexibility index (Phi) is 8.39. The Morgan fingerprint density at radius 1 is 1.27 bits per heavy atom. The van der Waals surface area contributed by atoms with Crippen molar-refractivity contribution in [3.8, 4) is 0 Å². The van der Waals surface area contributed by atoms with E-state index >= 15 is 0 Å². The number of aliphatic imine (C=N–C) groups is 1. The summed E-state index contributed by atoms with van der Waals surface area (Å²) >= 11 is 0. The topological polar surface area (TPSA) is 53.5 Å². The second-order valence-electron chi connectivity index (χ2n) is 7.37. The lowest BCUT2D eigenvalue weighted by Gasteiger charge is -2.30. The Bertz CT molecular complexity index is 619. The Hall–Kier alpha value is -0.630. The number of rotatable bonds is 6. The zero-order valence-electron chi connectivity index (χ0n) is 15.9. The molecule has 3 atom stereocenters. The van der Waals surface area contributed by atoms with Crippen molar-refractivity contribution in [2.24, 2.45) is 4.99 Å². The van der Waals surface area contributed by atoms with Crippen LogP contribution in [0.15, 0.2) is 35.3 Å². The highest BCUT2D eigenvalue weighted by Gasteiger charge is 2.44. The monoisotopic (exact) mass is 489 g/mol. The molecule has 0 heterocycles. The van der Waals surface area contributed by atoms with Crippen molar-refractivity contribution in [3.63, 3.8) is 0 Å². The van der Waals surface area contributed by atoms with Crippen molar-refractivity contribution < 1.29 is 4.21 Å². The molecule has 2 N–H and O–H groups in total. The quantitative estimate of drug-likeness (QED) is 0.365. The molecule has 0 amide bonds. The summed E-state index contributed by atoms with van der Waals surface area (Å²) < 4.78 is 12.1. The molecule has 3 unspecified atom stereocenters. The molecule has 26 heavy (non-hydrogen) atoms. The van der Waals surface area contributed by atoms with Gasteiger partial charge in [-0.15, -0.1) is 24.0 Å². The molecule has 0 bridgehead atoms. The smallest absolute Gasteiger partial charge is 0.191 e. The van der Waals surface area contributed by atoms with E-state index in [1.54, 1.807) is 0 Å². The molecule has 0 aliphatic heterocycles. The van der Waals surface area contributed by atoms with Gasteiger partial charge in [-0.1, -0.05) is 43.7 Å². The highest BCUT2D eigenvalue weighted by Crippen LogP contribution is 2.47. The average molecular weight is 489 g/mol. The first-order valence-electron chi connectivity index (χ1n) is 9.57. The van der Waals surface area contributed by atoms with Gasteiger partial charge in [-0.2, -0.15) is 0 Å². The normalized spacial score (nSPS) is 25.7. The van der Waals surface area contributed by atoms with Crippen LogP contribution in [0.1, 0.15) is 51.0 Å². The predicted molar refractivity (Wildman–Crippen MR) is 122 cm³/mol. The number of hydrogen-bond donors (Lipinski definition) is 2. The molecule has 4 nitrogen and oxygen atoms in total. The maximum Gasteiger partial charge on any atom is 0.191 e. The third kappa shape index (κ3) is 5.44. The second-order valence-corrected chi connectivity index (χ2v) is 9.38. The molecule has 0 spiro atoms. The van der Waals surface area contributed by atoms with Crippen molar-refractivity contribution in [3.05, 3.63) is 35.9 Å². The molecule has 3 rings (SSSR count). The highest BCUT2D eigenvalue weighted by molar-refractivity contribution is 14.0. The molecule has 6 heteroatoms. The molecule has 2 aliphatic carbocycles. The summed E-state index contributed by atoms with van der Waals surface area (Å²) in [6.07, 6.45) is 6.86. The van der Waals surface area contributed by atoms with Crippen molar-refractivity contribution >= 4 is 40.7 Å². The Morgan fingerprint density at radius 3 is 2.62 bits per heavy atom. The lowest BCUT2D eigenvalue weighted by Crippen LogP contribution is -2.48. The fourth-order valence-electron chi connectivity index (χ4n) is 3.90. The van der Waals surface area contributed by atoms with Gasteiger partial charge in [-0.25, -0.2) is 0 Å². The molecule has 2 fully saturated rings. The summed E-state index contributed by atoms with van der Waals surface area (Å²) in [5, 5.41) is 7.45. The van der Waals surface area contributed by atoms with Gasteiger partial charge in [0.05, 0.1) is 0 Å². The van der Waals surface area contributed by atoms with Crippen molar-refractivity contribution in [2.45, 2.75) is 62.2 Å². The fourth-order valence-corrected chi connectivity index (χ4v) is 5.25. The number of nitrogens with one attached hydrogen (secondary N) is 2. The van der Waals surface area contributed by atoms with E-state index in [9.17, 15) is 4.21 Å². The minimum atomic E-state index is -0.684. The highest BCUT2D eigenvalue weighted by atomic mass is 127. The largest absolute Gasteiger partial charge is 0.356 e. The first kappa shape index (κ1) is 21.7. The average Bonchev–Trinajstić information content (AvgIpc) is 3.46. The number of hydrogen-bond acceptors (Lipinski definition) is 2. The number of halogens is 1. The van der Waals surface area contributed by atoms with Crippen LogP contribution in [-0.4, -0.2) is 40.8 Å². The summed E-state index contributed by atoms with van der Waals surface area (Å²) in [6.45, 7) is 2.94. The van der Waals surface area contributed by atoms with E-state index < -0.39 is 10.8 Å². The van der Waals surface area contributed by atoms with Crippen molar-refractivity contribution in [1.29, 1.82) is 0 Å². The van der Waals surface area contributed by atoms with E-state index in [2.05, 4.69) is 46.0 Å². The van der Waals surface area contributed by atoms with E-state index in [4.69, 9.17) is 0 Å². The summed E-state index contributed by atoms with van der Waals surface area (Å²) in [6, 6.07) is 11.2. The molecular weight excluding hydrogens is 457 g/mol. The summed E-state index contributed by atoms with van der Waals surface area (Å²) in [5.74, 6) is 1.65. The SMILES string of the molecule is CCS(=O)C1CCCC(NC(=NC)NCC2(c3ccccc3)CC2)C1.I. The molecule has 0 radical (unpaired) electrons. The maximum absolute atomic E-state index is 12.1. The van der Waals surface area contributed by atoms with E-state index in [1.807, 2.05) is 14.0 Å². The zero-order chi connectivity index (χ0) is 17.7. The molecule has 146 valence electrons. The van der Waals surface area contributed by atoms with Crippen molar-refractivity contribution in [1.82, 2.24) is 10.6 Å². The van der Waals surface area contributed by atoms with Crippen LogP contribution in [0.5, 0.6) is 0 Å². The summed E-state index contributed by atoms with van der Waals surface area (Å²) in [4.78, 5) is 4.42. The van der Waals surface area contributed by atoms with Gasteiger partial charge < -0.3 is 10.6 Å². The van der Waals surface area contributed by atoms with Crippen LogP contribution in [0.2, 0.25) is 0 Å². The van der Waals surface area contributed by atoms with Gasteiger partial charge in [0.15, 0.2) is 5.96 Å². The Labute approximate surface area is 177 Å². The summed E-state index contributed by atoms with van der Waals surface area (Å²) in [5.41, 5.74) is 1.70. The number of guanidine groups is 1. The van der Waals surface area contributed by atoms with Crippen LogP contribution in [0.4, 0.5) is 0 Å². The molecule has 2 saturated carbocycles. The Balaban J connectivity index is 0.00000243. The van der Waals surface area contributed by atoms with Gasteiger partial charge in [-0.05, 0) is 37.7 Å². The maximum atomic E-state index is 12.1. The summed E-state index contributed by atoms with van der Waals surface area (Å²) in [7, 11) is 1.15. The zero-order valence-corrected chi connectivity index (χ0v) is 19.0. The van der Waals surface area contributed by atoms with E-state index in [0.29, 0.717) is 11.3 Å². The molecule has 2 aliphatic rings. The molecule has 1 aromatic carbocycles. The third-order valence-electron chi connectivity index (χ3n) is 5.68. The van der Waals surface area contributed by atoms with Gasteiger partial charge in [-0.3, -0.25) is 9.20 Å². The lowest BCUT2D eigenvalue weighted by molar-refractivity contribution is 0.413. The minimum absolute atomic E-state index is 0. The van der Waals surface area contributed by atoms with Gasteiger partial charge >= 0.3 is 0 Å². The third-order valence-corrected chi connectivity index (χ3v) is 7.42. The standard InChI is InChI=1S/C20H31N3OS.HI/c1-3-25(24)18-11-7-10-17(14-18)23-19(21-2)22-15-20(12-13-20)16-8-5-4-6-9-16;/h4-6,8-9,17-18H,3,7,10-15H2,1-2H3,(H2,21,22,23);1H. The van der Waals surface area contributed by atoms with E-state index in [-0.39, 0.29) is 29.4 Å². The first-order chi connectivity index (χ1) is 12.2. The number of benzene rings is 1. The molecule has 0 saturated heterocycles. The predicted octanol–water partition coefficient (Wildman–Crippen LogP) is 3.58. The van der Waals surface area contributed by atoms with Crippen LogP contribution in [0.25, 0.3) is 0 Å². The van der Waals surface area contributed by atoms with Crippen LogP contribution < -0.4 is 10.6 Å². The minimum Gasteiger partial charge on any atom is -0.356 e. The van der Waals surface area contributed by atoms with Gasteiger partial charge in [0.2, 0.25) is 0 Å². The van der Waals surface area contributed by atoms with Gasteiger partial charge in [0, 0.05) is 46.9 Å². The molecule has 1 aromatic rings. The van der Waals surface area contributed by atoms with Crippen LogP contribution >= 0.6 is 24.0 Å². The Morgan fingerprint density at radius 2 is 2.00 bits per heavy atom. The second kappa shape index (κ2) is 10.1. The van der Waals surface area contributed by atoms with Crippen molar-refractivity contribution in [2.75, 3.05) is 19.3 Å². The lowest BCUT2D eigenvalue weighted by atomic mass is 9.95. The molecule has 0 aromatic heterocycles. The van der Waals surface area contributed by atoms with E-state index in [1.165, 1.54) is 18.4 Å². The number of nitrogens with zero attached hydrogens (tertiary/aromatic N) is 1. The van der Waals surface area contributed by atoms with Gasteiger partial charge in [0.1, 0.15) is 0 Å². The van der Waals surface area contributed by atoms with Crippen LogP contribution in [0, 0.1) is 0 Å². The fraction of sp³-hybridized carbons (Fsp3) is 0.650. The van der Waals surface area contributed by atoms with E-state index in [0.717, 1.165) is 43.9 Å².